The molecule has 0 unspecified atom stereocenters. The minimum Gasteiger partial charge on any atom is -0.462 e. The van der Waals surface area contributed by atoms with Gasteiger partial charge < -0.3 is 14.9 Å². The monoisotopic (exact) mass is 459 g/mol. The van der Waals surface area contributed by atoms with Crippen LogP contribution in [0.2, 0.25) is 0 Å². The minimum atomic E-state index is -0.750. The fourth-order valence-electron chi connectivity index (χ4n) is 3.61. The van der Waals surface area contributed by atoms with Gasteiger partial charge in [-0.3, -0.25) is 9.78 Å². The van der Waals surface area contributed by atoms with Crippen LogP contribution in [0.3, 0.4) is 0 Å². The van der Waals surface area contributed by atoms with E-state index in [1.54, 1.807) is 26.2 Å². The first-order valence-electron chi connectivity index (χ1n) is 10.9. The van der Waals surface area contributed by atoms with Gasteiger partial charge in [0.1, 0.15) is 12.9 Å². The van der Waals surface area contributed by atoms with Crippen molar-refractivity contribution >= 4 is 22.7 Å². The third-order valence-corrected chi connectivity index (χ3v) is 5.39. The predicted octanol–water partition coefficient (Wildman–Crippen LogP) is 3.22. The molecule has 0 amide bonds. The number of ether oxygens (including phenoxy) is 1. The van der Waals surface area contributed by atoms with Crippen molar-refractivity contribution in [3.05, 3.63) is 93.4 Å². The summed E-state index contributed by atoms with van der Waals surface area (Å²) in [6.07, 6.45) is 4.81. The largest absolute Gasteiger partial charge is 0.462 e. The summed E-state index contributed by atoms with van der Waals surface area (Å²) < 4.78 is 6.28. The maximum Gasteiger partial charge on any atom is 0.346 e. The number of fused-ring (bicyclic) bond motifs is 1. The third-order valence-electron chi connectivity index (χ3n) is 5.39. The van der Waals surface area contributed by atoms with Gasteiger partial charge in [-0.15, -0.1) is 4.73 Å². The maximum absolute atomic E-state index is 13.6. The van der Waals surface area contributed by atoms with Crippen LogP contribution >= 0.6 is 0 Å². The van der Waals surface area contributed by atoms with Crippen LogP contribution in [0.15, 0.2) is 59.9 Å². The highest BCUT2D eigenvalue weighted by molar-refractivity contribution is 6.04. The lowest BCUT2D eigenvalue weighted by molar-refractivity contribution is 0.0513. The summed E-state index contributed by atoms with van der Waals surface area (Å²) in [4.78, 5) is 45.2. The number of hydrogen-bond donors (Lipinski definition) is 1. The van der Waals surface area contributed by atoms with Crippen molar-refractivity contribution in [3.8, 4) is 0 Å². The van der Waals surface area contributed by atoms with Crippen LogP contribution in [0.25, 0.3) is 11.0 Å². The zero-order chi connectivity index (χ0) is 24.1. The molecule has 0 fully saturated rings. The molecule has 1 aromatic carbocycles. The fraction of sp³-hybridized carbons (Fsp3) is 0.240. The maximum atomic E-state index is 13.6. The number of carbonyl (C=O) groups excluding carboxylic acids is 1. The van der Waals surface area contributed by atoms with Crippen molar-refractivity contribution in [2.45, 2.75) is 33.9 Å². The molecule has 0 bridgehead atoms. The Morgan fingerprint density at radius 2 is 1.91 bits per heavy atom. The topological polar surface area (TPSA) is 108 Å². The van der Waals surface area contributed by atoms with E-state index in [2.05, 4.69) is 20.3 Å². The zero-order valence-corrected chi connectivity index (χ0v) is 19.2. The molecule has 0 saturated carbocycles. The Bertz CT molecular complexity index is 1390. The van der Waals surface area contributed by atoms with E-state index < -0.39 is 11.5 Å². The number of esters is 1. The van der Waals surface area contributed by atoms with Crippen LogP contribution in [-0.2, 0) is 17.9 Å². The van der Waals surface area contributed by atoms with Gasteiger partial charge in [-0.2, -0.15) is 0 Å². The molecular formula is C25H25N5O4. The van der Waals surface area contributed by atoms with Crippen LogP contribution < -0.4 is 15.7 Å². The van der Waals surface area contributed by atoms with Gasteiger partial charge in [0, 0.05) is 18.9 Å². The van der Waals surface area contributed by atoms with Crippen molar-refractivity contribution in [2.75, 3.05) is 11.9 Å². The van der Waals surface area contributed by atoms with Crippen molar-refractivity contribution in [3.63, 3.8) is 0 Å². The number of carbonyl (C=O) groups is 1. The predicted molar refractivity (Wildman–Crippen MR) is 128 cm³/mol. The summed E-state index contributed by atoms with van der Waals surface area (Å²) in [6, 6.07) is 11.3. The second-order valence-corrected chi connectivity index (χ2v) is 7.64. The lowest BCUT2D eigenvalue weighted by Crippen LogP contribution is -2.34. The first kappa shape index (κ1) is 22.9. The van der Waals surface area contributed by atoms with E-state index in [0.29, 0.717) is 23.3 Å². The SMILES string of the molecule is CCOC(=O)c1c(NCc2cnccc2C)c2c(C)ncnc2n(OCc2ccccc2)c1=O. The van der Waals surface area contributed by atoms with Gasteiger partial charge in [0.2, 0.25) is 0 Å². The number of nitrogens with zero attached hydrogens (tertiary/aromatic N) is 4. The standard InChI is InChI=1S/C25H25N5O4/c1-4-33-25(32)21-22(27-13-19-12-26-11-10-16(19)2)20-17(3)28-15-29-23(20)30(24(21)31)34-14-18-8-6-5-7-9-18/h5-12,15,27H,4,13-14H2,1-3H3. The Labute approximate surface area is 196 Å². The summed E-state index contributed by atoms with van der Waals surface area (Å²) in [6.45, 7) is 6.00. The summed E-state index contributed by atoms with van der Waals surface area (Å²) in [5.41, 5.74) is 3.12. The number of aromatic nitrogens is 4. The molecular weight excluding hydrogens is 434 g/mol. The molecule has 4 rings (SSSR count). The van der Waals surface area contributed by atoms with Crippen LogP contribution in [-0.4, -0.2) is 32.3 Å². The molecule has 9 nitrogen and oxygen atoms in total. The summed E-state index contributed by atoms with van der Waals surface area (Å²) >= 11 is 0. The molecule has 1 N–H and O–H groups in total. The lowest BCUT2D eigenvalue weighted by Gasteiger charge is -2.19. The number of aryl methyl sites for hydroxylation is 2. The Morgan fingerprint density at radius 3 is 2.65 bits per heavy atom. The number of benzene rings is 1. The molecule has 0 spiro atoms. The van der Waals surface area contributed by atoms with Gasteiger partial charge in [-0.1, -0.05) is 30.3 Å². The number of pyridine rings is 2. The number of anilines is 1. The zero-order valence-electron chi connectivity index (χ0n) is 19.2. The first-order chi connectivity index (χ1) is 16.5. The van der Waals surface area contributed by atoms with Gasteiger partial charge >= 0.3 is 11.5 Å². The average molecular weight is 460 g/mol. The Morgan fingerprint density at radius 1 is 1.12 bits per heavy atom. The van der Waals surface area contributed by atoms with Crippen LogP contribution in [0.5, 0.6) is 0 Å². The quantitative estimate of drug-likeness (QED) is 0.400. The molecule has 174 valence electrons. The van der Waals surface area contributed by atoms with E-state index in [0.717, 1.165) is 21.4 Å². The molecule has 34 heavy (non-hydrogen) atoms. The third kappa shape index (κ3) is 4.59. The molecule has 0 atom stereocenters. The van der Waals surface area contributed by atoms with Crippen molar-refractivity contribution in [1.29, 1.82) is 0 Å². The second-order valence-electron chi connectivity index (χ2n) is 7.64. The number of rotatable bonds is 8. The van der Waals surface area contributed by atoms with Crippen molar-refractivity contribution < 1.29 is 14.4 Å². The number of nitrogens with one attached hydrogen (secondary N) is 1. The van der Waals surface area contributed by atoms with E-state index in [1.807, 2.05) is 43.3 Å². The van der Waals surface area contributed by atoms with Crippen molar-refractivity contribution in [1.82, 2.24) is 19.7 Å². The highest BCUT2D eigenvalue weighted by Crippen LogP contribution is 2.27. The number of hydrogen-bond acceptors (Lipinski definition) is 8. The molecule has 3 aromatic heterocycles. The van der Waals surface area contributed by atoms with Gasteiger partial charge in [0.25, 0.3) is 0 Å². The van der Waals surface area contributed by atoms with Crippen LogP contribution in [0.1, 0.15) is 39.7 Å². The highest BCUT2D eigenvalue weighted by atomic mass is 16.7. The molecule has 3 heterocycles. The molecule has 4 aromatic rings. The van der Waals surface area contributed by atoms with Crippen LogP contribution in [0, 0.1) is 13.8 Å². The van der Waals surface area contributed by atoms with E-state index in [4.69, 9.17) is 9.57 Å². The van der Waals surface area contributed by atoms with E-state index >= 15 is 0 Å². The minimum absolute atomic E-state index is 0.114. The van der Waals surface area contributed by atoms with E-state index in [9.17, 15) is 9.59 Å². The Balaban J connectivity index is 1.87. The molecule has 9 heteroatoms. The summed E-state index contributed by atoms with van der Waals surface area (Å²) in [5.74, 6) is -0.750. The Hall–Kier alpha value is -4.27. The van der Waals surface area contributed by atoms with E-state index in [-0.39, 0.29) is 24.4 Å². The summed E-state index contributed by atoms with van der Waals surface area (Å²) in [7, 11) is 0. The molecule has 0 saturated heterocycles. The lowest BCUT2D eigenvalue weighted by atomic mass is 10.1. The van der Waals surface area contributed by atoms with E-state index in [1.165, 1.54) is 6.33 Å². The van der Waals surface area contributed by atoms with Gasteiger partial charge in [-0.05, 0) is 43.5 Å². The first-order valence-corrected chi connectivity index (χ1v) is 10.9. The summed E-state index contributed by atoms with van der Waals surface area (Å²) in [5, 5.41) is 3.75. The van der Waals surface area contributed by atoms with Crippen LogP contribution in [0.4, 0.5) is 5.69 Å². The van der Waals surface area contributed by atoms with Gasteiger partial charge in [0.05, 0.1) is 23.4 Å². The molecule has 0 radical (unpaired) electrons. The fourth-order valence-corrected chi connectivity index (χ4v) is 3.61. The van der Waals surface area contributed by atoms with Gasteiger partial charge in [0.15, 0.2) is 11.2 Å². The average Bonchev–Trinajstić information content (AvgIpc) is 2.83. The molecule has 0 aliphatic carbocycles. The van der Waals surface area contributed by atoms with Crippen molar-refractivity contribution in [2.24, 2.45) is 0 Å². The molecule has 0 aliphatic rings. The second kappa shape index (κ2) is 10.1. The Kier molecular flexibility index (Phi) is 6.82. The normalized spacial score (nSPS) is 10.8. The van der Waals surface area contributed by atoms with Gasteiger partial charge in [-0.25, -0.2) is 14.8 Å². The molecule has 0 aliphatic heterocycles. The highest BCUT2D eigenvalue weighted by Gasteiger charge is 2.26. The smallest absolute Gasteiger partial charge is 0.346 e.